The lowest BCUT2D eigenvalue weighted by atomic mass is 10.1. The number of hydrogen-bond donors (Lipinski definition) is 0. The van der Waals surface area contributed by atoms with Gasteiger partial charge >= 0.3 is 11.1 Å². The van der Waals surface area contributed by atoms with E-state index in [1.807, 2.05) is 0 Å². The quantitative estimate of drug-likeness (QED) is 0.474. The van der Waals surface area contributed by atoms with Crippen LogP contribution in [0.4, 0.5) is 17.6 Å². The SMILES string of the molecule is O=c1oc(-c2ccccc2)c(SC(F)(F)F)c2ccc(F)cc12. The van der Waals surface area contributed by atoms with Crippen LogP contribution in [0.5, 0.6) is 0 Å². The summed E-state index contributed by atoms with van der Waals surface area (Å²) in [4.78, 5) is 11.8. The van der Waals surface area contributed by atoms with Crippen molar-refractivity contribution >= 4 is 22.5 Å². The number of hydrogen-bond acceptors (Lipinski definition) is 3. The molecule has 0 spiro atoms. The number of alkyl halides is 3. The van der Waals surface area contributed by atoms with E-state index in [1.54, 1.807) is 18.2 Å². The molecule has 0 radical (unpaired) electrons. The van der Waals surface area contributed by atoms with E-state index in [0.29, 0.717) is 5.56 Å². The van der Waals surface area contributed by atoms with Crippen LogP contribution in [0.2, 0.25) is 0 Å². The first-order valence-electron chi connectivity index (χ1n) is 6.43. The molecule has 0 aliphatic rings. The third-order valence-corrected chi connectivity index (χ3v) is 3.94. The maximum atomic E-state index is 13.3. The molecule has 3 rings (SSSR count). The van der Waals surface area contributed by atoms with Crippen molar-refractivity contribution in [2.75, 3.05) is 0 Å². The molecule has 0 atom stereocenters. The van der Waals surface area contributed by atoms with Crippen LogP contribution in [-0.4, -0.2) is 5.51 Å². The van der Waals surface area contributed by atoms with E-state index in [1.165, 1.54) is 12.1 Å². The Morgan fingerprint density at radius 2 is 1.65 bits per heavy atom. The first kappa shape index (κ1) is 15.6. The van der Waals surface area contributed by atoms with Crippen LogP contribution in [0, 0.1) is 5.82 Å². The van der Waals surface area contributed by atoms with Crippen LogP contribution in [0.1, 0.15) is 0 Å². The molecular formula is C16H8F4O2S. The molecule has 118 valence electrons. The molecule has 23 heavy (non-hydrogen) atoms. The second-order valence-corrected chi connectivity index (χ2v) is 5.73. The van der Waals surface area contributed by atoms with Gasteiger partial charge in [-0.3, -0.25) is 0 Å². The van der Waals surface area contributed by atoms with Gasteiger partial charge in [0, 0.05) is 10.9 Å². The summed E-state index contributed by atoms with van der Waals surface area (Å²) in [5.41, 5.74) is -5.13. The Morgan fingerprint density at radius 3 is 2.30 bits per heavy atom. The van der Waals surface area contributed by atoms with Crippen LogP contribution in [0.25, 0.3) is 22.1 Å². The fourth-order valence-electron chi connectivity index (χ4n) is 2.20. The largest absolute Gasteiger partial charge is 0.446 e. The second-order valence-electron chi connectivity index (χ2n) is 4.65. The zero-order valence-electron chi connectivity index (χ0n) is 11.4. The highest BCUT2D eigenvalue weighted by atomic mass is 32.2. The van der Waals surface area contributed by atoms with Crippen molar-refractivity contribution in [2.24, 2.45) is 0 Å². The van der Waals surface area contributed by atoms with Crippen molar-refractivity contribution in [3.05, 3.63) is 64.8 Å². The third kappa shape index (κ3) is 3.24. The minimum absolute atomic E-state index is 0.00354. The van der Waals surface area contributed by atoms with Gasteiger partial charge in [-0.2, -0.15) is 13.2 Å². The molecule has 0 bridgehead atoms. The summed E-state index contributed by atoms with van der Waals surface area (Å²) >= 11 is -0.389. The highest BCUT2D eigenvalue weighted by Crippen LogP contribution is 2.44. The van der Waals surface area contributed by atoms with E-state index in [0.717, 1.165) is 18.2 Å². The van der Waals surface area contributed by atoms with Gasteiger partial charge in [-0.15, -0.1) is 0 Å². The molecule has 0 saturated heterocycles. The highest BCUT2D eigenvalue weighted by molar-refractivity contribution is 8.00. The smallest absolute Gasteiger partial charge is 0.421 e. The minimum Gasteiger partial charge on any atom is -0.421 e. The zero-order chi connectivity index (χ0) is 16.6. The normalized spacial score (nSPS) is 11.8. The van der Waals surface area contributed by atoms with E-state index in [-0.39, 0.29) is 33.2 Å². The molecule has 0 saturated carbocycles. The van der Waals surface area contributed by atoms with Crippen molar-refractivity contribution in [2.45, 2.75) is 10.4 Å². The Labute approximate surface area is 131 Å². The van der Waals surface area contributed by atoms with Crippen molar-refractivity contribution in [3.63, 3.8) is 0 Å². The first-order valence-corrected chi connectivity index (χ1v) is 7.24. The maximum Gasteiger partial charge on any atom is 0.446 e. The van der Waals surface area contributed by atoms with Crippen LogP contribution in [0.15, 0.2) is 62.6 Å². The van der Waals surface area contributed by atoms with Crippen molar-refractivity contribution in [1.29, 1.82) is 0 Å². The van der Waals surface area contributed by atoms with Crippen molar-refractivity contribution in [3.8, 4) is 11.3 Å². The summed E-state index contributed by atoms with van der Waals surface area (Å²) in [6, 6.07) is 11.0. The predicted molar refractivity (Wildman–Crippen MR) is 79.8 cm³/mol. The van der Waals surface area contributed by atoms with Gasteiger partial charge in [0.2, 0.25) is 0 Å². The molecule has 0 aliphatic heterocycles. The van der Waals surface area contributed by atoms with E-state index >= 15 is 0 Å². The standard InChI is InChI=1S/C16H8F4O2S/c17-10-6-7-11-12(8-10)15(21)22-13(9-4-2-1-3-5-9)14(11)23-16(18,19)20/h1-8H. The lowest BCUT2D eigenvalue weighted by molar-refractivity contribution is -0.0328. The molecular weight excluding hydrogens is 332 g/mol. The lowest BCUT2D eigenvalue weighted by Gasteiger charge is -2.12. The predicted octanol–water partition coefficient (Wildman–Crippen LogP) is 5.21. The first-order chi connectivity index (χ1) is 10.8. The zero-order valence-corrected chi connectivity index (χ0v) is 12.2. The summed E-state index contributed by atoms with van der Waals surface area (Å²) in [5.74, 6) is -0.905. The monoisotopic (exact) mass is 340 g/mol. The maximum absolute atomic E-state index is 13.3. The fourth-order valence-corrected chi connectivity index (χ4v) is 2.97. The average molecular weight is 340 g/mol. The minimum atomic E-state index is -4.58. The topological polar surface area (TPSA) is 30.2 Å². The summed E-state index contributed by atoms with van der Waals surface area (Å²) in [7, 11) is 0. The number of benzene rings is 2. The van der Waals surface area contributed by atoms with Gasteiger partial charge in [0.25, 0.3) is 0 Å². The average Bonchev–Trinajstić information content (AvgIpc) is 2.49. The van der Waals surface area contributed by atoms with Gasteiger partial charge in [-0.1, -0.05) is 30.3 Å². The van der Waals surface area contributed by atoms with E-state index in [2.05, 4.69) is 0 Å². The Bertz CT molecular complexity index is 917. The van der Waals surface area contributed by atoms with E-state index < -0.39 is 17.0 Å². The van der Waals surface area contributed by atoms with E-state index in [9.17, 15) is 22.4 Å². The van der Waals surface area contributed by atoms with Gasteiger partial charge in [0.1, 0.15) is 5.82 Å². The third-order valence-electron chi connectivity index (χ3n) is 3.10. The van der Waals surface area contributed by atoms with Gasteiger partial charge in [0.05, 0.1) is 10.3 Å². The number of rotatable bonds is 2. The number of fused-ring (bicyclic) bond motifs is 1. The van der Waals surface area contributed by atoms with E-state index in [4.69, 9.17) is 4.42 Å². The summed E-state index contributed by atoms with van der Waals surface area (Å²) in [6.07, 6.45) is 0. The molecule has 0 amide bonds. The fraction of sp³-hybridized carbons (Fsp3) is 0.0625. The Kier molecular flexibility index (Phi) is 3.89. The number of halogens is 4. The van der Waals surface area contributed by atoms with Crippen molar-refractivity contribution < 1.29 is 22.0 Å². The van der Waals surface area contributed by atoms with Gasteiger partial charge in [-0.05, 0) is 30.0 Å². The molecule has 7 heteroatoms. The molecule has 2 nitrogen and oxygen atoms in total. The van der Waals surface area contributed by atoms with Gasteiger partial charge in [0.15, 0.2) is 5.76 Å². The van der Waals surface area contributed by atoms with Crippen LogP contribution >= 0.6 is 11.8 Å². The Morgan fingerprint density at radius 1 is 0.957 bits per heavy atom. The molecule has 0 aliphatic carbocycles. The summed E-state index contributed by atoms with van der Waals surface area (Å²) in [6.45, 7) is 0. The molecule has 0 N–H and O–H groups in total. The molecule has 2 aromatic carbocycles. The molecule has 3 aromatic rings. The lowest BCUT2D eigenvalue weighted by Crippen LogP contribution is -2.06. The Balaban J connectivity index is 2.37. The Hall–Kier alpha value is -2.28. The highest BCUT2D eigenvalue weighted by Gasteiger charge is 2.33. The second kappa shape index (κ2) is 5.73. The molecule has 1 heterocycles. The van der Waals surface area contributed by atoms with Gasteiger partial charge < -0.3 is 4.42 Å². The van der Waals surface area contributed by atoms with Crippen LogP contribution in [-0.2, 0) is 0 Å². The van der Waals surface area contributed by atoms with Gasteiger partial charge in [-0.25, -0.2) is 9.18 Å². The summed E-state index contributed by atoms with van der Waals surface area (Å²) in [5, 5.41) is -0.222. The molecule has 0 fully saturated rings. The van der Waals surface area contributed by atoms with Crippen LogP contribution in [0.3, 0.4) is 0 Å². The summed E-state index contributed by atoms with van der Waals surface area (Å²) < 4.78 is 57.1. The van der Waals surface area contributed by atoms with Crippen molar-refractivity contribution in [1.82, 2.24) is 0 Å². The molecule has 0 unspecified atom stereocenters. The number of thioether (sulfide) groups is 1. The molecule has 1 aromatic heterocycles. The van der Waals surface area contributed by atoms with Crippen LogP contribution < -0.4 is 5.63 Å².